The molecule has 1 aliphatic rings. The molecule has 0 radical (unpaired) electrons. The molecule has 1 saturated heterocycles. The van der Waals surface area contributed by atoms with E-state index in [4.69, 9.17) is 0 Å². The first kappa shape index (κ1) is 9.95. The largest absolute Gasteiger partial charge is 0.307 e. The summed E-state index contributed by atoms with van der Waals surface area (Å²) in [6.45, 7) is 0.750. The molecule has 1 N–H and O–H groups in total. The second-order valence-corrected chi connectivity index (χ2v) is 5.55. The molecule has 1 unspecified atom stereocenters. The Kier molecular flexibility index (Phi) is 3.09. The van der Waals surface area contributed by atoms with Crippen LogP contribution in [0.2, 0.25) is 0 Å². The van der Waals surface area contributed by atoms with Crippen LogP contribution >= 0.6 is 0 Å². The van der Waals surface area contributed by atoms with E-state index >= 15 is 0 Å². The van der Waals surface area contributed by atoms with Crippen molar-refractivity contribution in [2.75, 3.05) is 32.3 Å². The normalized spacial score (nSPS) is 28.1. The quantitative estimate of drug-likeness (QED) is 0.600. The van der Waals surface area contributed by atoms with Gasteiger partial charge in [-0.3, -0.25) is 4.90 Å². The molecule has 1 aliphatic heterocycles. The zero-order valence-electron chi connectivity index (χ0n) is 7.58. The van der Waals surface area contributed by atoms with Crippen molar-refractivity contribution in [2.45, 2.75) is 12.5 Å². The van der Waals surface area contributed by atoms with Gasteiger partial charge in [-0.15, -0.1) is 0 Å². The van der Waals surface area contributed by atoms with Crippen LogP contribution in [0.5, 0.6) is 0 Å². The summed E-state index contributed by atoms with van der Waals surface area (Å²) < 4.78 is 22.2. The molecule has 0 saturated carbocycles. The highest BCUT2D eigenvalue weighted by Crippen LogP contribution is 2.15. The highest BCUT2D eigenvalue weighted by Gasteiger charge is 2.29. The topological polar surface area (TPSA) is 49.4 Å². The third kappa shape index (κ3) is 2.43. The van der Waals surface area contributed by atoms with Crippen LogP contribution in [-0.2, 0) is 9.84 Å². The van der Waals surface area contributed by atoms with Crippen LogP contribution in [0.1, 0.15) is 6.42 Å². The van der Waals surface area contributed by atoms with Crippen LogP contribution in [0.4, 0.5) is 0 Å². The maximum absolute atomic E-state index is 11.1. The molecule has 1 fully saturated rings. The van der Waals surface area contributed by atoms with Crippen molar-refractivity contribution in [3.05, 3.63) is 0 Å². The molecule has 0 aromatic rings. The van der Waals surface area contributed by atoms with Crippen molar-refractivity contribution in [1.29, 1.82) is 0 Å². The molecule has 1 rings (SSSR count). The van der Waals surface area contributed by atoms with E-state index in [-0.39, 0.29) is 6.04 Å². The fourth-order valence-electron chi connectivity index (χ4n) is 1.50. The van der Waals surface area contributed by atoms with Crippen LogP contribution in [0.25, 0.3) is 0 Å². The minimum Gasteiger partial charge on any atom is -0.307 e. The lowest BCUT2D eigenvalue weighted by molar-refractivity contribution is 0.249. The number of hydrogen-bond donors (Lipinski definition) is 1. The van der Waals surface area contributed by atoms with Crippen LogP contribution < -0.4 is 5.32 Å². The SMILES string of the molecule is CNCN(C)C1CCS(=O)(=O)C1. The van der Waals surface area contributed by atoms with Gasteiger partial charge in [-0.25, -0.2) is 8.42 Å². The zero-order chi connectivity index (χ0) is 9.19. The Morgan fingerprint density at radius 2 is 2.25 bits per heavy atom. The Morgan fingerprint density at radius 1 is 1.58 bits per heavy atom. The Morgan fingerprint density at radius 3 is 2.67 bits per heavy atom. The second-order valence-electron chi connectivity index (χ2n) is 3.33. The highest BCUT2D eigenvalue weighted by atomic mass is 32.2. The first-order valence-electron chi connectivity index (χ1n) is 4.10. The Balaban J connectivity index is 2.46. The predicted octanol–water partition coefficient (Wildman–Crippen LogP) is -0.718. The highest BCUT2D eigenvalue weighted by molar-refractivity contribution is 7.91. The summed E-state index contributed by atoms with van der Waals surface area (Å²) in [6.07, 6.45) is 0.778. The fraction of sp³-hybridized carbons (Fsp3) is 1.00. The van der Waals surface area contributed by atoms with Crippen molar-refractivity contribution >= 4 is 9.84 Å². The molecule has 0 aromatic carbocycles. The molecule has 0 aromatic heterocycles. The molecular weight excluding hydrogens is 176 g/mol. The molecule has 4 nitrogen and oxygen atoms in total. The lowest BCUT2D eigenvalue weighted by atomic mass is 10.2. The van der Waals surface area contributed by atoms with Gasteiger partial charge < -0.3 is 5.32 Å². The van der Waals surface area contributed by atoms with Crippen molar-refractivity contribution in [2.24, 2.45) is 0 Å². The lowest BCUT2D eigenvalue weighted by Crippen LogP contribution is -2.38. The van der Waals surface area contributed by atoms with E-state index < -0.39 is 9.84 Å². The minimum absolute atomic E-state index is 0.211. The van der Waals surface area contributed by atoms with Crippen molar-refractivity contribution in [3.63, 3.8) is 0 Å². The maximum atomic E-state index is 11.1. The number of hydrogen-bond acceptors (Lipinski definition) is 4. The van der Waals surface area contributed by atoms with Crippen LogP contribution in [0.3, 0.4) is 0 Å². The molecule has 0 bridgehead atoms. The summed E-state index contributed by atoms with van der Waals surface area (Å²) >= 11 is 0. The lowest BCUT2D eigenvalue weighted by Gasteiger charge is -2.21. The first-order valence-corrected chi connectivity index (χ1v) is 5.92. The van der Waals surface area contributed by atoms with Gasteiger partial charge in [0.05, 0.1) is 11.5 Å². The van der Waals surface area contributed by atoms with Gasteiger partial charge in [0.25, 0.3) is 0 Å². The van der Waals surface area contributed by atoms with E-state index in [0.29, 0.717) is 11.5 Å². The Bertz CT molecular complexity index is 238. The molecule has 12 heavy (non-hydrogen) atoms. The van der Waals surface area contributed by atoms with Gasteiger partial charge in [0.1, 0.15) is 0 Å². The summed E-state index contributed by atoms with van der Waals surface area (Å²) in [4.78, 5) is 2.05. The smallest absolute Gasteiger partial charge is 0.151 e. The Labute approximate surface area is 73.9 Å². The molecular formula is C7H16N2O2S. The summed E-state index contributed by atoms with van der Waals surface area (Å²) in [5.41, 5.74) is 0. The van der Waals surface area contributed by atoms with Gasteiger partial charge >= 0.3 is 0 Å². The molecule has 0 spiro atoms. The molecule has 5 heteroatoms. The fourth-order valence-corrected chi connectivity index (χ4v) is 3.31. The molecule has 0 amide bonds. The first-order chi connectivity index (χ1) is 5.55. The third-order valence-electron chi connectivity index (χ3n) is 2.24. The third-order valence-corrected chi connectivity index (χ3v) is 3.99. The van der Waals surface area contributed by atoms with E-state index in [1.165, 1.54) is 0 Å². The minimum atomic E-state index is -2.73. The summed E-state index contributed by atoms with van der Waals surface area (Å²) in [5.74, 6) is 0.677. The van der Waals surface area contributed by atoms with Crippen molar-refractivity contribution < 1.29 is 8.42 Å². The average molecular weight is 192 g/mol. The Hall–Kier alpha value is -0.130. The van der Waals surface area contributed by atoms with Crippen molar-refractivity contribution in [3.8, 4) is 0 Å². The van der Waals surface area contributed by atoms with Gasteiger partial charge in [0, 0.05) is 12.7 Å². The van der Waals surface area contributed by atoms with E-state index in [1.807, 2.05) is 19.0 Å². The molecule has 0 aliphatic carbocycles. The molecule has 1 heterocycles. The zero-order valence-corrected chi connectivity index (χ0v) is 8.39. The monoisotopic (exact) mass is 192 g/mol. The molecule has 72 valence electrons. The number of sulfone groups is 1. The number of nitrogens with zero attached hydrogens (tertiary/aromatic N) is 1. The predicted molar refractivity (Wildman–Crippen MR) is 48.7 cm³/mol. The van der Waals surface area contributed by atoms with E-state index in [2.05, 4.69) is 5.32 Å². The summed E-state index contributed by atoms with van der Waals surface area (Å²) in [6, 6.07) is 0.211. The van der Waals surface area contributed by atoms with Crippen LogP contribution in [-0.4, -0.2) is 51.6 Å². The maximum Gasteiger partial charge on any atom is 0.151 e. The average Bonchev–Trinajstić information content (AvgIpc) is 2.31. The summed E-state index contributed by atoms with van der Waals surface area (Å²) in [7, 11) is 1.08. The van der Waals surface area contributed by atoms with E-state index in [1.54, 1.807) is 0 Å². The van der Waals surface area contributed by atoms with Gasteiger partial charge in [-0.2, -0.15) is 0 Å². The summed E-state index contributed by atoms with van der Waals surface area (Å²) in [5, 5.41) is 3.00. The van der Waals surface area contributed by atoms with E-state index in [0.717, 1.165) is 13.1 Å². The van der Waals surface area contributed by atoms with Gasteiger partial charge in [-0.1, -0.05) is 0 Å². The number of rotatable bonds is 3. The van der Waals surface area contributed by atoms with Gasteiger partial charge in [0.2, 0.25) is 0 Å². The van der Waals surface area contributed by atoms with E-state index in [9.17, 15) is 8.42 Å². The van der Waals surface area contributed by atoms with Gasteiger partial charge in [-0.05, 0) is 20.5 Å². The van der Waals surface area contributed by atoms with Crippen molar-refractivity contribution in [1.82, 2.24) is 10.2 Å². The second kappa shape index (κ2) is 3.72. The molecule has 1 atom stereocenters. The number of nitrogens with one attached hydrogen (secondary N) is 1. The van der Waals surface area contributed by atoms with Crippen LogP contribution in [0, 0.1) is 0 Å². The van der Waals surface area contributed by atoms with Gasteiger partial charge in [0.15, 0.2) is 9.84 Å². The standard InChI is InChI=1S/C7H16N2O2S/c1-8-6-9(2)7-3-4-12(10,11)5-7/h7-8H,3-6H2,1-2H3. The van der Waals surface area contributed by atoms with Crippen LogP contribution in [0.15, 0.2) is 0 Å².